The summed E-state index contributed by atoms with van der Waals surface area (Å²) in [5, 5.41) is 1.04. The fourth-order valence-electron chi connectivity index (χ4n) is 1.55. The van der Waals surface area contributed by atoms with Crippen molar-refractivity contribution >= 4 is 27.3 Å². The predicted molar refractivity (Wildman–Crippen MR) is 72.6 cm³/mol. The first-order valence-corrected chi connectivity index (χ1v) is 6.67. The lowest BCUT2D eigenvalue weighted by Gasteiger charge is -1.99. The molecule has 0 amide bonds. The molecule has 2 N–H and O–H groups in total. The number of rotatable bonds is 2. The molecule has 1 aromatic heterocycles. The highest BCUT2D eigenvalue weighted by atomic mass is 79.9. The van der Waals surface area contributed by atoms with Gasteiger partial charge in [0.25, 0.3) is 0 Å². The van der Waals surface area contributed by atoms with Crippen molar-refractivity contribution < 1.29 is 0 Å². The largest absolute Gasteiger partial charge is 0.323 e. The summed E-state index contributed by atoms with van der Waals surface area (Å²) in [4.78, 5) is 5.72. The molecule has 0 aliphatic rings. The number of hydrogen-bond donors (Lipinski definition) is 1. The molecule has 0 unspecified atom stereocenters. The van der Waals surface area contributed by atoms with Gasteiger partial charge in [0, 0.05) is 21.0 Å². The Bertz CT molecular complexity index is 488. The Labute approximate surface area is 108 Å². The van der Waals surface area contributed by atoms with E-state index in [0.29, 0.717) is 0 Å². The van der Waals surface area contributed by atoms with Crippen LogP contribution in [0.1, 0.15) is 23.5 Å². The van der Waals surface area contributed by atoms with Crippen LogP contribution in [0.3, 0.4) is 0 Å². The monoisotopic (exact) mass is 296 g/mol. The van der Waals surface area contributed by atoms with E-state index in [-0.39, 0.29) is 6.04 Å². The third-order valence-corrected chi connectivity index (χ3v) is 4.27. The van der Waals surface area contributed by atoms with Crippen molar-refractivity contribution in [3.05, 3.63) is 39.3 Å². The van der Waals surface area contributed by atoms with Crippen molar-refractivity contribution in [1.29, 1.82) is 0 Å². The zero-order valence-electron chi connectivity index (χ0n) is 9.20. The van der Waals surface area contributed by atoms with Crippen LogP contribution in [-0.4, -0.2) is 4.98 Å². The molecule has 1 atom stereocenters. The van der Waals surface area contributed by atoms with Crippen LogP contribution in [0, 0.1) is 6.92 Å². The molecule has 0 aliphatic carbocycles. The van der Waals surface area contributed by atoms with E-state index >= 15 is 0 Å². The van der Waals surface area contributed by atoms with Gasteiger partial charge in [0.1, 0.15) is 5.01 Å². The van der Waals surface area contributed by atoms with Gasteiger partial charge in [0.05, 0.1) is 5.69 Å². The molecule has 2 rings (SSSR count). The van der Waals surface area contributed by atoms with Crippen molar-refractivity contribution in [1.82, 2.24) is 4.98 Å². The zero-order chi connectivity index (χ0) is 11.7. The molecule has 0 radical (unpaired) electrons. The first-order chi connectivity index (χ1) is 7.58. The van der Waals surface area contributed by atoms with Crippen LogP contribution >= 0.6 is 27.3 Å². The van der Waals surface area contributed by atoms with Gasteiger partial charge in [0.2, 0.25) is 0 Å². The van der Waals surface area contributed by atoms with E-state index in [1.54, 1.807) is 11.3 Å². The van der Waals surface area contributed by atoms with E-state index < -0.39 is 0 Å². The fraction of sp³-hybridized carbons (Fsp3) is 0.250. The Balaban J connectivity index is 2.41. The Kier molecular flexibility index (Phi) is 3.42. The smallest absolute Gasteiger partial charge is 0.123 e. The van der Waals surface area contributed by atoms with Crippen LogP contribution in [0.25, 0.3) is 10.6 Å². The van der Waals surface area contributed by atoms with E-state index in [2.05, 4.69) is 33.0 Å². The summed E-state index contributed by atoms with van der Waals surface area (Å²) in [5.41, 5.74) is 8.07. The minimum absolute atomic E-state index is 0.0571. The maximum absolute atomic E-state index is 5.89. The zero-order valence-corrected chi connectivity index (χ0v) is 11.6. The highest BCUT2D eigenvalue weighted by Gasteiger charge is 2.11. The molecule has 1 heterocycles. The molecule has 2 nitrogen and oxygen atoms in total. The summed E-state index contributed by atoms with van der Waals surface area (Å²) in [6.07, 6.45) is 0. The molecule has 16 heavy (non-hydrogen) atoms. The van der Waals surface area contributed by atoms with E-state index in [4.69, 9.17) is 5.73 Å². The van der Waals surface area contributed by atoms with Gasteiger partial charge in [-0.05, 0) is 26.0 Å². The molecule has 2 aromatic rings. The maximum Gasteiger partial charge on any atom is 0.123 e. The van der Waals surface area contributed by atoms with Gasteiger partial charge >= 0.3 is 0 Å². The van der Waals surface area contributed by atoms with Crippen LogP contribution in [0.5, 0.6) is 0 Å². The quantitative estimate of drug-likeness (QED) is 0.913. The lowest BCUT2D eigenvalue weighted by Crippen LogP contribution is -2.03. The highest BCUT2D eigenvalue weighted by molar-refractivity contribution is 9.10. The lowest BCUT2D eigenvalue weighted by molar-refractivity contribution is 0.825. The Morgan fingerprint density at radius 1 is 1.31 bits per heavy atom. The lowest BCUT2D eigenvalue weighted by atomic mass is 10.2. The standard InChI is InChI=1S/C12H13BrN2S/c1-7(14)11-8(2)15-12(16-11)9-3-5-10(13)6-4-9/h3-7H,14H2,1-2H3/t7-/m1/s1. The van der Waals surface area contributed by atoms with Gasteiger partial charge in [-0.25, -0.2) is 4.98 Å². The molecule has 1 aromatic carbocycles. The minimum Gasteiger partial charge on any atom is -0.323 e. The number of halogens is 1. The van der Waals surface area contributed by atoms with Crippen molar-refractivity contribution in [3.63, 3.8) is 0 Å². The van der Waals surface area contributed by atoms with E-state index in [1.165, 1.54) is 0 Å². The number of aryl methyl sites for hydroxylation is 1. The highest BCUT2D eigenvalue weighted by Crippen LogP contribution is 2.31. The molecule has 0 aliphatic heterocycles. The molecule has 0 saturated carbocycles. The van der Waals surface area contributed by atoms with Gasteiger partial charge in [-0.1, -0.05) is 28.1 Å². The van der Waals surface area contributed by atoms with Crippen molar-refractivity contribution in [2.75, 3.05) is 0 Å². The van der Waals surface area contributed by atoms with Gasteiger partial charge in [-0.3, -0.25) is 0 Å². The van der Waals surface area contributed by atoms with E-state index in [9.17, 15) is 0 Å². The fourth-order valence-corrected chi connectivity index (χ4v) is 2.84. The minimum atomic E-state index is 0.0571. The van der Waals surface area contributed by atoms with Crippen LogP contribution in [0.15, 0.2) is 28.7 Å². The average molecular weight is 297 g/mol. The first-order valence-electron chi connectivity index (χ1n) is 5.07. The Morgan fingerprint density at radius 2 is 1.94 bits per heavy atom. The number of hydrogen-bond acceptors (Lipinski definition) is 3. The third-order valence-electron chi connectivity index (χ3n) is 2.34. The molecular formula is C12H13BrN2S. The molecule has 0 bridgehead atoms. The molecule has 0 spiro atoms. The second-order valence-corrected chi connectivity index (χ2v) is 5.71. The van der Waals surface area contributed by atoms with Gasteiger partial charge in [-0.2, -0.15) is 0 Å². The Morgan fingerprint density at radius 3 is 2.44 bits per heavy atom. The number of nitrogens with two attached hydrogens (primary N) is 1. The number of benzene rings is 1. The second-order valence-electron chi connectivity index (χ2n) is 3.76. The van der Waals surface area contributed by atoms with Crippen molar-refractivity contribution in [3.8, 4) is 10.6 Å². The Hall–Kier alpha value is -0.710. The second kappa shape index (κ2) is 4.65. The predicted octanol–water partition coefficient (Wildman–Crippen LogP) is 3.90. The van der Waals surface area contributed by atoms with Crippen LogP contribution in [-0.2, 0) is 0 Å². The van der Waals surface area contributed by atoms with Gasteiger partial charge < -0.3 is 5.73 Å². The normalized spacial score (nSPS) is 12.8. The van der Waals surface area contributed by atoms with Crippen LogP contribution in [0.2, 0.25) is 0 Å². The molecular weight excluding hydrogens is 284 g/mol. The SMILES string of the molecule is Cc1nc(-c2ccc(Br)cc2)sc1[C@@H](C)N. The van der Waals surface area contributed by atoms with Crippen LogP contribution in [0.4, 0.5) is 0 Å². The van der Waals surface area contributed by atoms with E-state index in [1.807, 2.05) is 26.0 Å². The molecule has 4 heteroatoms. The number of aromatic nitrogens is 1. The summed E-state index contributed by atoms with van der Waals surface area (Å²) in [6, 6.07) is 8.23. The van der Waals surface area contributed by atoms with E-state index in [0.717, 1.165) is 25.6 Å². The topological polar surface area (TPSA) is 38.9 Å². The summed E-state index contributed by atoms with van der Waals surface area (Å²) in [7, 11) is 0. The molecule has 0 saturated heterocycles. The summed E-state index contributed by atoms with van der Waals surface area (Å²) in [5.74, 6) is 0. The molecule has 84 valence electrons. The summed E-state index contributed by atoms with van der Waals surface area (Å²) < 4.78 is 1.08. The summed E-state index contributed by atoms with van der Waals surface area (Å²) in [6.45, 7) is 4.00. The third kappa shape index (κ3) is 2.34. The van der Waals surface area contributed by atoms with Gasteiger partial charge in [0.15, 0.2) is 0 Å². The number of thiazole rings is 1. The molecule has 0 fully saturated rings. The first kappa shape index (κ1) is 11.8. The van der Waals surface area contributed by atoms with Crippen LogP contribution < -0.4 is 5.73 Å². The number of nitrogens with zero attached hydrogens (tertiary/aromatic N) is 1. The summed E-state index contributed by atoms with van der Waals surface area (Å²) >= 11 is 5.10. The average Bonchev–Trinajstić information content (AvgIpc) is 2.61. The van der Waals surface area contributed by atoms with Crippen molar-refractivity contribution in [2.45, 2.75) is 19.9 Å². The maximum atomic E-state index is 5.89. The van der Waals surface area contributed by atoms with Crippen molar-refractivity contribution in [2.24, 2.45) is 5.73 Å². The van der Waals surface area contributed by atoms with Gasteiger partial charge in [-0.15, -0.1) is 11.3 Å².